The van der Waals surface area contributed by atoms with Crippen molar-refractivity contribution in [3.63, 3.8) is 0 Å². The SMILES string of the molecule is Cc1cc(OCC(=O)NC2CCCCCC2O)ccc1Cl. The number of carbonyl (C=O) groups excluding carboxylic acids is 1. The summed E-state index contributed by atoms with van der Waals surface area (Å²) in [5.74, 6) is 0.419. The number of aliphatic hydroxyl groups is 1. The molecular formula is C16H22ClNO3. The Bertz CT molecular complexity index is 492. The fourth-order valence-corrected chi connectivity index (χ4v) is 2.68. The molecule has 0 aliphatic heterocycles. The van der Waals surface area contributed by atoms with E-state index in [4.69, 9.17) is 16.3 Å². The monoisotopic (exact) mass is 311 g/mol. The van der Waals surface area contributed by atoms with Gasteiger partial charge < -0.3 is 15.2 Å². The third kappa shape index (κ3) is 4.90. The van der Waals surface area contributed by atoms with E-state index in [0.29, 0.717) is 10.8 Å². The Kier molecular flexibility index (Phi) is 5.88. The summed E-state index contributed by atoms with van der Waals surface area (Å²) in [7, 11) is 0. The molecule has 4 nitrogen and oxygen atoms in total. The third-order valence-corrected chi connectivity index (χ3v) is 4.25. The average Bonchev–Trinajstić information content (AvgIpc) is 2.65. The molecule has 5 heteroatoms. The van der Waals surface area contributed by atoms with Gasteiger partial charge in [-0.2, -0.15) is 0 Å². The van der Waals surface area contributed by atoms with Crippen LogP contribution >= 0.6 is 11.6 Å². The number of rotatable bonds is 4. The number of hydrogen-bond acceptors (Lipinski definition) is 3. The highest BCUT2D eigenvalue weighted by molar-refractivity contribution is 6.31. The van der Waals surface area contributed by atoms with E-state index >= 15 is 0 Å². The van der Waals surface area contributed by atoms with E-state index in [9.17, 15) is 9.90 Å². The maximum Gasteiger partial charge on any atom is 0.258 e. The fourth-order valence-electron chi connectivity index (χ4n) is 2.56. The van der Waals surface area contributed by atoms with Crippen molar-refractivity contribution in [1.29, 1.82) is 0 Å². The molecule has 2 atom stereocenters. The molecule has 1 aromatic carbocycles. The molecule has 0 saturated heterocycles. The van der Waals surface area contributed by atoms with Crippen molar-refractivity contribution in [2.45, 2.75) is 51.2 Å². The van der Waals surface area contributed by atoms with Gasteiger partial charge in [0.05, 0.1) is 12.1 Å². The Balaban J connectivity index is 1.82. The molecule has 2 rings (SSSR count). The lowest BCUT2D eigenvalue weighted by atomic mass is 10.1. The topological polar surface area (TPSA) is 58.6 Å². The summed E-state index contributed by atoms with van der Waals surface area (Å²) in [6.07, 6.45) is 4.31. The first-order valence-corrected chi connectivity index (χ1v) is 7.80. The van der Waals surface area contributed by atoms with Gasteiger partial charge in [-0.3, -0.25) is 4.79 Å². The molecule has 0 spiro atoms. The molecule has 1 fully saturated rings. The van der Waals surface area contributed by atoms with Gasteiger partial charge in [-0.15, -0.1) is 0 Å². The van der Waals surface area contributed by atoms with Crippen molar-refractivity contribution < 1.29 is 14.6 Å². The highest BCUT2D eigenvalue weighted by atomic mass is 35.5. The van der Waals surface area contributed by atoms with Crippen LogP contribution in [0.3, 0.4) is 0 Å². The summed E-state index contributed by atoms with van der Waals surface area (Å²) < 4.78 is 5.46. The lowest BCUT2D eigenvalue weighted by Crippen LogP contribution is -2.44. The zero-order chi connectivity index (χ0) is 15.2. The van der Waals surface area contributed by atoms with E-state index in [0.717, 1.165) is 37.7 Å². The van der Waals surface area contributed by atoms with Gasteiger partial charge in [0, 0.05) is 5.02 Å². The van der Waals surface area contributed by atoms with Gasteiger partial charge in [-0.25, -0.2) is 0 Å². The van der Waals surface area contributed by atoms with E-state index < -0.39 is 6.10 Å². The number of halogens is 1. The van der Waals surface area contributed by atoms with Gasteiger partial charge in [0.2, 0.25) is 0 Å². The lowest BCUT2D eigenvalue weighted by Gasteiger charge is -2.21. The van der Waals surface area contributed by atoms with E-state index in [2.05, 4.69) is 5.32 Å². The number of nitrogens with one attached hydrogen (secondary N) is 1. The number of benzene rings is 1. The smallest absolute Gasteiger partial charge is 0.258 e. The molecule has 0 radical (unpaired) electrons. The number of ether oxygens (including phenoxy) is 1. The van der Waals surface area contributed by atoms with Crippen molar-refractivity contribution in [3.05, 3.63) is 28.8 Å². The van der Waals surface area contributed by atoms with Crippen molar-refractivity contribution in [2.24, 2.45) is 0 Å². The van der Waals surface area contributed by atoms with Crippen LogP contribution in [-0.4, -0.2) is 29.8 Å². The molecule has 1 aliphatic carbocycles. The van der Waals surface area contributed by atoms with Crippen LogP contribution in [-0.2, 0) is 4.79 Å². The van der Waals surface area contributed by atoms with Crippen LogP contribution in [0.15, 0.2) is 18.2 Å². The van der Waals surface area contributed by atoms with Crippen molar-refractivity contribution in [1.82, 2.24) is 5.32 Å². The summed E-state index contributed by atoms with van der Waals surface area (Å²) in [5.41, 5.74) is 0.911. The number of hydrogen-bond donors (Lipinski definition) is 2. The first-order chi connectivity index (χ1) is 10.1. The van der Waals surface area contributed by atoms with E-state index in [1.807, 2.05) is 6.92 Å². The van der Waals surface area contributed by atoms with Crippen LogP contribution in [0.1, 0.15) is 37.7 Å². The van der Waals surface area contributed by atoms with E-state index in [1.165, 1.54) is 0 Å². The largest absolute Gasteiger partial charge is 0.484 e. The molecule has 0 aromatic heterocycles. The second-order valence-corrected chi connectivity index (χ2v) is 5.99. The molecule has 21 heavy (non-hydrogen) atoms. The Hall–Kier alpha value is -1.26. The molecule has 116 valence electrons. The predicted molar refractivity (Wildman–Crippen MR) is 82.7 cm³/mol. The summed E-state index contributed by atoms with van der Waals surface area (Å²) >= 11 is 5.94. The fraction of sp³-hybridized carbons (Fsp3) is 0.562. The van der Waals surface area contributed by atoms with Crippen LogP contribution in [0.5, 0.6) is 5.75 Å². The third-order valence-electron chi connectivity index (χ3n) is 3.83. The Morgan fingerprint density at radius 1 is 1.38 bits per heavy atom. The maximum atomic E-state index is 11.9. The van der Waals surface area contributed by atoms with Gasteiger partial charge in [-0.05, 0) is 43.5 Å². The first-order valence-electron chi connectivity index (χ1n) is 7.42. The minimum Gasteiger partial charge on any atom is -0.484 e. The minimum absolute atomic E-state index is 0.0513. The minimum atomic E-state index is -0.450. The van der Waals surface area contributed by atoms with E-state index in [1.54, 1.807) is 18.2 Å². The van der Waals surface area contributed by atoms with Crippen LogP contribution in [0.2, 0.25) is 5.02 Å². The zero-order valence-electron chi connectivity index (χ0n) is 12.3. The lowest BCUT2D eigenvalue weighted by molar-refractivity contribution is -0.124. The molecule has 1 aliphatic rings. The zero-order valence-corrected chi connectivity index (χ0v) is 13.0. The summed E-state index contributed by atoms with van der Waals surface area (Å²) in [6.45, 7) is 1.83. The summed E-state index contributed by atoms with van der Waals surface area (Å²) in [6, 6.07) is 5.13. The van der Waals surface area contributed by atoms with Crippen molar-refractivity contribution in [3.8, 4) is 5.75 Å². The molecule has 1 aromatic rings. The van der Waals surface area contributed by atoms with Crippen molar-refractivity contribution >= 4 is 17.5 Å². The van der Waals surface area contributed by atoms with Crippen LogP contribution in [0, 0.1) is 6.92 Å². The Morgan fingerprint density at radius 2 is 2.14 bits per heavy atom. The quantitative estimate of drug-likeness (QED) is 0.841. The maximum absolute atomic E-state index is 11.9. The Labute approximate surface area is 130 Å². The predicted octanol–water partition coefficient (Wildman–Crippen LogP) is 2.84. The van der Waals surface area contributed by atoms with Crippen LogP contribution in [0.4, 0.5) is 0 Å². The van der Waals surface area contributed by atoms with Gasteiger partial charge in [-0.1, -0.05) is 30.9 Å². The first kappa shape index (κ1) is 16.1. The van der Waals surface area contributed by atoms with E-state index in [-0.39, 0.29) is 18.6 Å². The van der Waals surface area contributed by atoms with Gasteiger partial charge in [0.25, 0.3) is 5.91 Å². The molecular weight excluding hydrogens is 290 g/mol. The second-order valence-electron chi connectivity index (χ2n) is 5.58. The molecule has 2 N–H and O–H groups in total. The van der Waals surface area contributed by atoms with Gasteiger partial charge in [0.1, 0.15) is 5.75 Å². The number of aryl methyl sites for hydroxylation is 1. The number of amides is 1. The van der Waals surface area contributed by atoms with Gasteiger partial charge in [0.15, 0.2) is 6.61 Å². The van der Waals surface area contributed by atoms with Crippen molar-refractivity contribution in [2.75, 3.05) is 6.61 Å². The standard InChI is InChI=1S/C16H22ClNO3/c1-11-9-12(7-8-13(11)17)21-10-16(20)18-14-5-3-2-4-6-15(14)19/h7-9,14-15,19H,2-6,10H2,1H3,(H,18,20). The Morgan fingerprint density at radius 3 is 2.90 bits per heavy atom. The molecule has 0 heterocycles. The number of carbonyl (C=O) groups is 1. The number of aliphatic hydroxyl groups excluding tert-OH is 1. The van der Waals surface area contributed by atoms with Gasteiger partial charge >= 0.3 is 0 Å². The average molecular weight is 312 g/mol. The molecule has 0 bridgehead atoms. The highest BCUT2D eigenvalue weighted by Crippen LogP contribution is 2.21. The molecule has 1 saturated carbocycles. The normalized spacial score (nSPS) is 22.4. The second kappa shape index (κ2) is 7.66. The summed E-state index contributed by atoms with van der Waals surface area (Å²) in [5, 5.41) is 13.5. The molecule has 1 amide bonds. The molecule has 2 unspecified atom stereocenters. The highest BCUT2D eigenvalue weighted by Gasteiger charge is 2.23. The summed E-state index contributed by atoms with van der Waals surface area (Å²) in [4.78, 5) is 11.9. The van der Waals surface area contributed by atoms with Crippen LogP contribution in [0.25, 0.3) is 0 Å². The van der Waals surface area contributed by atoms with Crippen LogP contribution < -0.4 is 10.1 Å².